The van der Waals surface area contributed by atoms with Crippen molar-refractivity contribution < 1.29 is 4.39 Å². The van der Waals surface area contributed by atoms with E-state index in [1.54, 1.807) is 0 Å². The summed E-state index contributed by atoms with van der Waals surface area (Å²) in [5.74, 6) is 0.683. The lowest BCUT2D eigenvalue weighted by Crippen LogP contribution is -2.20. The molecule has 2 aliphatic carbocycles. The average molecular weight is 156 g/mol. The predicted molar refractivity (Wildman–Crippen MR) is 44.2 cm³/mol. The van der Waals surface area contributed by atoms with Gasteiger partial charge in [-0.15, -0.1) is 0 Å². The topological polar surface area (TPSA) is 0 Å². The fourth-order valence-electron chi connectivity index (χ4n) is 2.96. The third-order valence-electron chi connectivity index (χ3n) is 4.04. The third-order valence-corrected chi connectivity index (χ3v) is 4.04. The number of hydrogen-bond donors (Lipinski definition) is 0. The molecule has 0 aromatic heterocycles. The second-order valence-electron chi connectivity index (χ2n) is 4.84. The van der Waals surface area contributed by atoms with Crippen LogP contribution in [0.1, 0.15) is 46.0 Å². The van der Waals surface area contributed by atoms with E-state index in [9.17, 15) is 4.39 Å². The van der Waals surface area contributed by atoms with E-state index in [1.807, 2.05) is 0 Å². The first kappa shape index (κ1) is 7.57. The van der Waals surface area contributed by atoms with Gasteiger partial charge in [0.2, 0.25) is 0 Å². The zero-order chi connectivity index (χ0) is 8.11. The molecule has 0 heterocycles. The van der Waals surface area contributed by atoms with Crippen LogP contribution in [-0.2, 0) is 0 Å². The Hall–Kier alpha value is -0.0700. The highest BCUT2D eigenvalue weighted by molar-refractivity contribution is 5.06. The second-order valence-corrected chi connectivity index (χ2v) is 4.84. The summed E-state index contributed by atoms with van der Waals surface area (Å²) in [6.07, 6.45) is 4.82. The molecule has 0 nitrogen and oxygen atoms in total. The van der Waals surface area contributed by atoms with Crippen molar-refractivity contribution >= 4 is 0 Å². The highest BCUT2D eigenvalue weighted by Crippen LogP contribution is 2.61. The van der Waals surface area contributed by atoms with Crippen molar-refractivity contribution in [2.24, 2.45) is 11.3 Å². The SMILES string of the molecule is CC(C)C12CCC(F)(CC1)C2. The summed E-state index contributed by atoms with van der Waals surface area (Å²) in [5.41, 5.74) is -0.348. The van der Waals surface area contributed by atoms with Gasteiger partial charge in [0.25, 0.3) is 0 Å². The standard InChI is InChI=1S/C10H17F/c1-8(2)9-3-5-10(11,7-9)6-4-9/h8H,3-7H2,1-2H3. The molecule has 1 heteroatoms. The summed E-state index contributed by atoms with van der Waals surface area (Å²) in [7, 11) is 0. The number of halogens is 1. The van der Waals surface area contributed by atoms with E-state index in [0.29, 0.717) is 11.3 Å². The van der Waals surface area contributed by atoms with Crippen molar-refractivity contribution in [1.29, 1.82) is 0 Å². The lowest BCUT2D eigenvalue weighted by Gasteiger charge is -2.30. The van der Waals surface area contributed by atoms with Crippen LogP contribution in [0.25, 0.3) is 0 Å². The van der Waals surface area contributed by atoms with E-state index >= 15 is 0 Å². The quantitative estimate of drug-likeness (QED) is 0.546. The fraction of sp³-hybridized carbons (Fsp3) is 1.00. The Morgan fingerprint density at radius 1 is 1.09 bits per heavy atom. The van der Waals surface area contributed by atoms with Gasteiger partial charge in [0.05, 0.1) is 0 Å². The first-order valence-corrected chi connectivity index (χ1v) is 4.75. The maximum Gasteiger partial charge on any atom is 0.111 e. The zero-order valence-electron chi connectivity index (χ0n) is 7.49. The van der Waals surface area contributed by atoms with Gasteiger partial charge in [-0.25, -0.2) is 4.39 Å². The predicted octanol–water partition coefficient (Wildman–Crippen LogP) is 3.31. The summed E-state index contributed by atoms with van der Waals surface area (Å²) in [6, 6.07) is 0. The molecule has 0 N–H and O–H groups in total. The van der Waals surface area contributed by atoms with E-state index in [1.165, 1.54) is 0 Å². The van der Waals surface area contributed by atoms with Crippen LogP contribution in [0.3, 0.4) is 0 Å². The maximum atomic E-state index is 13.7. The van der Waals surface area contributed by atoms with E-state index in [0.717, 1.165) is 32.1 Å². The van der Waals surface area contributed by atoms with Crippen molar-refractivity contribution in [3.8, 4) is 0 Å². The minimum atomic E-state index is -0.746. The van der Waals surface area contributed by atoms with Crippen molar-refractivity contribution in [2.45, 2.75) is 51.6 Å². The molecule has 0 unspecified atom stereocenters. The molecular formula is C10H17F. The normalized spacial score (nSPS) is 49.1. The molecule has 0 aliphatic heterocycles. The van der Waals surface area contributed by atoms with Crippen LogP contribution < -0.4 is 0 Å². The number of hydrogen-bond acceptors (Lipinski definition) is 0. The van der Waals surface area contributed by atoms with Gasteiger partial charge in [0.15, 0.2) is 0 Å². The minimum Gasteiger partial charge on any atom is -0.244 e. The number of fused-ring (bicyclic) bond motifs is 2. The molecule has 2 bridgehead atoms. The molecule has 0 spiro atoms. The maximum absolute atomic E-state index is 13.7. The average Bonchev–Trinajstić information content (AvgIpc) is 2.42. The van der Waals surface area contributed by atoms with Crippen LogP contribution in [0.5, 0.6) is 0 Å². The Bertz CT molecular complexity index is 164. The van der Waals surface area contributed by atoms with E-state index in [2.05, 4.69) is 13.8 Å². The lowest BCUT2D eigenvalue weighted by molar-refractivity contribution is 0.174. The Morgan fingerprint density at radius 3 is 1.82 bits per heavy atom. The summed E-state index contributed by atoms with van der Waals surface area (Å²) in [5, 5.41) is 0. The highest BCUT2D eigenvalue weighted by atomic mass is 19.1. The molecule has 2 aliphatic rings. The monoisotopic (exact) mass is 156 g/mol. The van der Waals surface area contributed by atoms with Gasteiger partial charge in [-0.2, -0.15) is 0 Å². The van der Waals surface area contributed by atoms with Gasteiger partial charge in [0, 0.05) is 0 Å². The van der Waals surface area contributed by atoms with Crippen LogP contribution in [0.15, 0.2) is 0 Å². The minimum absolute atomic E-state index is 0.398. The lowest BCUT2D eigenvalue weighted by atomic mass is 9.75. The van der Waals surface area contributed by atoms with Crippen molar-refractivity contribution in [2.75, 3.05) is 0 Å². The van der Waals surface area contributed by atoms with Gasteiger partial charge < -0.3 is 0 Å². The van der Waals surface area contributed by atoms with Crippen molar-refractivity contribution in [1.82, 2.24) is 0 Å². The van der Waals surface area contributed by atoms with E-state index in [4.69, 9.17) is 0 Å². The Kier molecular flexibility index (Phi) is 1.37. The molecule has 0 aromatic rings. The molecule has 2 fully saturated rings. The molecule has 2 rings (SSSR count). The Balaban J connectivity index is 2.20. The van der Waals surface area contributed by atoms with Gasteiger partial charge in [-0.3, -0.25) is 0 Å². The molecule has 0 radical (unpaired) electrons. The van der Waals surface area contributed by atoms with Gasteiger partial charge in [-0.05, 0) is 43.4 Å². The smallest absolute Gasteiger partial charge is 0.111 e. The first-order chi connectivity index (χ1) is 5.06. The second kappa shape index (κ2) is 1.99. The van der Waals surface area contributed by atoms with Crippen LogP contribution in [0.2, 0.25) is 0 Å². The molecule has 2 saturated carbocycles. The summed E-state index contributed by atoms with van der Waals surface area (Å²) in [6.45, 7) is 4.49. The zero-order valence-corrected chi connectivity index (χ0v) is 7.49. The first-order valence-electron chi connectivity index (χ1n) is 4.75. The molecule has 64 valence electrons. The summed E-state index contributed by atoms with van der Waals surface area (Å²) in [4.78, 5) is 0. The molecule has 0 aromatic carbocycles. The molecule has 0 saturated heterocycles. The van der Waals surface area contributed by atoms with Crippen LogP contribution in [-0.4, -0.2) is 5.67 Å². The Labute approximate surface area is 68.2 Å². The Morgan fingerprint density at radius 2 is 1.64 bits per heavy atom. The summed E-state index contributed by atoms with van der Waals surface area (Å²) >= 11 is 0. The van der Waals surface area contributed by atoms with Crippen molar-refractivity contribution in [3.05, 3.63) is 0 Å². The van der Waals surface area contributed by atoms with Gasteiger partial charge in [-0.1, -0.05) is 13.8 Å². The highest BCUT2D eigenvalue weighted by Gasteiger charge is 2.55. The van der Waals surface area contributed by atoms with Crippen LogP contribution in [0, 0.1) is 11.3 Å². The number of rotatable bonds is 1. The molecular weight excluding hydrogens is 139 g/mol. The molecule has 0 amide bonds. The number of alkyl halides is 1. The van der Waals surface area contributed by atoms with Crippen molar-refractivity contribution in [3.63, 3.8) is 0 Å². The fourth-order valence-corrected chi connectivity index (χ4v) is 2.96. The van der Waals surface area contributed by atoms with E-state index < -0.39 is 5.67 Å². The third kappa shape index (κ3) is 0.929. The van der Waals surface area contributed by atoms with Gasteiger partial charge >= 0.3 is 0 Å². The van der Waals surface area contributed by atoms with Crippen LogP contribution >= 0.6 is 0 Å². The molecule has 0 atom stereocenters. The summed E-state index contributed by atoms with van der Waals surface area (Å²) < 4.78 is 13.7. The van der Waals surface area contributed by atoms with Crippen LogP contribution in [0.4, 0.5) is 4.39 Å². The van der Waals surface area contributed by atoms with E-state index in [-0.39, 0.29) is 0 Å². The molecule has 11 heavy (non-hydrogen) atoms. The van der Waals surface area contributed by atoms with Gasteiger partial charge in [0.1, 0.15) is 5.67 Å². The largest absolute Gasteiger partial charge is 0.244 e.